The summed E-state index contributed by atoms with van der Waals surface area (Å²) in [5, 5.41) is 12.5. The van der Waals surface area contributed by atoms with E-state index < -0.39 is 11.9 Å². The zero-order chi connectivity index (χ0) is 13.7. The maximum absolute atomic E-state index is 11.7. The third-order valence-corrected chi connectivity index (χ3v) is 2.68. The molecule has 0 fully saturated rings. The molecular weight excluding hydrogens is 300 g/mol. The van der Waals surface area contributed by atoms with E-state index in [1.165, 1.54) is 0 Å². The summed E-state index contributed by atoms with van der Waals surface area (Å²) in [6.07, 6.45) is 0. The number of hydrogen-bond donors (Lipinski definition) is 2. The van der Waals surface area contributed by atoms with Crippen molar-refractivity contribution < 1.29 is 14.7 Å². The van der Waals surface area contributed by atoms with Crippen molar-refractivity contribution in [2.75, 3.05) is 0 Å². The second-order valence-corrected chi connectivity index (χ2v) is 4.82. The number of nitrogens with one attached hydrogen (secondary N) is 1. The Balaban J connectivity index is 2.79. The predicted molar refractivity (Wildman–Crippen MR) is 71.5 cm³/mol. The van der Waals surface area contributed by atoms with Crippen LogP contribution in [0.1, 0.15) is 24.2 Å². The summed E-state index contributed by atoms with van der Waals surface area (Å²) in [5.41, 5.74) is 2.56. The first kappa shape index (κ1) is 14.4. The molecule has 0 saturated heterocycles. The molecule has 0 bridgehead atoms. The minimum Gasteiger partial charge on any atom is -0.477 e. The Morgan fingerprint density at radius 3 is 2.28 bits per heavy atom. The first-order valence-corrected chi connectivity index (χ1v) is 6.08. The molecule has 5 nitrogen and oxygen atoms in total. The van der Waals surface area contributed by atoms with Gasteiger partial charge >= 0.3 is 5.97 Å². The summed E-state index contributed by atoms with van der Waals surface area (Å²) in [7, 11) is 0. The van der Waals surface area contributed by atoms with E-state index in [0.29, 0.717) is 5.56 Å². The predicted octanol–water partition coefficient (Wildman–Crippen LogP) is 2.28. The lowest BCUT2D eigenvalue weighted by atomic mass is 10.1. The van der Waals surface area contributed by atoms with Crippen LogP contribution < -0.4 is 5.43 Å². The summed E-state index contributed by atoms with van der Waals surface area (Å²) in [4.78, 5) is 22.5. The molecule has 1 aromatic carbocycles. The van der Waals surface area contributed by atoms with Crippen molar-refractivity contribution >= 4 is 33.5 Å². The van der Waals surface area contributed by atoms with Crippen molar-refractivity contribution in [1.82, 2.24) is 5.43 Å². The zero-order valence-electron chi connectivity index (χ0n) is 9.98. The molecule has 0 aromatic heterocycles. The van der Waals surface area contributed by atoms with Crippen LogP contribution in [0.2, 0.25) is 0 Å². The molecule has 0 aliphatic rings. The Hall–Kier alpha value is -1.69. The van der Waals surface area contributed by atoms with Gasteiger partial charge in [-0.15, -0.1) is 0 Å². The average molecular weight is 313 g/mol. The number of carboxylic acid groups (broad SMARTS) is 1. The van der Waals surface area contributed by atoms with Gasteiger partial charge in [-0.3, -0.25) is 4.79 Å². The molecule has 2 N–H and O–H groups in total. The van der Waals surface area contributed by atoms with Crippen LogP contribution in [0.4, 0.5) is 0 Å². The van der Waals surface area contributed by atoms with E-state index in [1.807, 2.05) is 0 Å². The van der Waals surface area contributed by atoms with E-state index in [-0.39, 0.29) is 11.6 Å². The second kappa shape index (κ2) is 6.30. The number of carbonyl (C=O) groups excluding carboxylic acids is 1. The van der Waals surface area contributed by atoms with Crippen LogP contribution in [-0.2, 0) is 4.79 Å². The Morgan fingerprint density at radius 1 is 1.28 bits per heavy atom. The molecule has 0 aliphatic carbocycles. The fraction of sp³-hybridized carbons (Fsp3) is 0.250. The molecule has 0 radical (unpaired) electrons. The summed E-state index contributed by atoms with van der Waals surface area (Å²) in [6.45, 7) is 3.39. The van der Waals surface area contributed by atoms with Gasteiger partial charge < -0.3 is 5.11 Å². The number of amides is 1. The fourth-order valence-electron chi connectivity index (χ4n) is 1.20. The average Bonchev–Trinajstić information content (AvgIpc) is 2.28. The number of hydrazone groups is 1. The van der Waals surface area contributed by atoms with E-state index in [4.69, 9.17) is 5.11 Å². The maximum atomic E-state index is 11.7. The van der Waals surface area contributed by atoms with Crippen LogP contribution in [0.15, 0.2) is 33.8 Å². The van der Waals surface area contributed by atoms with E-state index in [2.05, 4.69) is 26.5 Å². The van der Waals surface area contributed by atoms with Gasteiger partial charge in [0.2, 0.25) is 0 Å². The highest BCUT2D eigenvalue weighted by Gasteiger charge is 2.14. The molecule has 6 heteroatoms. The van der Waals surface area contributed by atoms with Gasteiger partial charge in [0.15, 0.2) is 0 Å². The largest absolute Gasteiger partial charge is 0.477 e. The molecule has 0 unspecified atom stereocenters. The van der Waals surface area contributed by atoms with E-state index >= 15 is 0 Å². The van der Waals surface area contributed by atoms with Gasteiger partial charge in [-0.25, -0.2) is 10.2 Å². The maximum Gasteiger partial charge on any atom is 0.352 e. The van der Waals surface area contributed by atoms with Crippen molar-refractivity contribution in [3.8, 4) is 0 Å². The fourth-order valence-corrected chi connectivity index (χ4v) is 1.47. The third kappa shape index (κ3) is 3.96. The summed E-state index contributed by atoms with van der Waals surface area (Å²) in [6, 6.07) is 6.67. The van der Waals surface area contributed by atoms with Crippen LogP contribution in [0.5, 0.6) is 0 Å². The number of nitrogens with zero attached hydrogens (tertiary/aromatic N) is 1. The lowest BCUT2D eigenvalue weighted by molar-refractivity contribution is -0.129. The molecule has 0 atom stereocenters. The lowest BCUT2D eigenvalue weighted by Crippen LogP contribution is -2.26. The number of rotatable bonds is 4. The summed E-state index contributed by atoms with van der Waals surface area (Å²) >= 11 is 3.26. The minimum atomic E-state index is -1.14. The number of carbonyl (C=O) groups is 2. The quantitative estimate of drug-likeness (QED) is 0.661. The Labute approximate surface area is 113 Å². The van der Waals surface area contributed by atoms with Gasteiger partial charge in [0.05, 0.1) is 0 Å². The van der Waals surface area contributed by atoms with Crippen molar-refractivity contribution in [3.05, 3.63) is 34.3 Å². The number of carboxylic acids is 1. The molecule has 96 valence electrons. The van der Waals surface area contributed by atoms with Crippen LogP contribution in [0.3, 0.4) is 0 Å². The highest BCUT2D eigenvalue weighted by molar-refractivity contribution is 9.10. The van der Waals surface area contributed by atoms with Gasteiger partial charge in [-0.1, -0.05) is 29.8 Å². The lowest BCUT2D eigenvalue weighted by Gasteiger charge is -2.05. The van der Waals surface area contributed by atoms with Crippen LogP contribution in [-0.4, -0.2) is 22.7 Å². The number of benzene rings is 1. The van der Waals surface area contributed by atoms with E-state index in [1.54, 1.807) is 38.1 Å². The molecular formula is C12H13BrN2O3. The molecule has 0 aliphatic heterocycles. The first-order valence-electron chi connectivity index (χ1n) is 5.28. The summed E-state index contributed by atoms with van der Waals surface area (Å²) < 4.78 is 0.857. The van der Waals surface area contributed by atoms with Gasteiger partial charge in [-0.2, -0.15) is 5.10 Å². The molecule has 0 spiro atoms. The number of aliphatic carboxylic acids is 1. The normalized spacial score (nSPS) is 11.4. The molecule has 18 heavy (non-hydrogen) atoms. The first-order chi connectivity index (χ1) is 8.41. The molecule has 1 rings (SSSR count). The SMILES string of the molecule is CC(C)/C(=N/NC(=O)c1ccc(Br)cc1)C(=O)O. The van der Waals surface area contributed by atoms with Gasteiger partial charge in [0.25, 0.3) is 5.91 Å². The van der Waals surface area contributed by atoms with Crippen molar-refractivity contribution in [2.24, 2.45) is 11.0 Å². The number of hydrogen-bond acceptors (Lipinski definition) is 3. The van der Waals surface area contributed by atoms with Gasteiger partial charge in [0, 0.05) is 16.0 Å². The van der Waals surface area contributed by atoms with Gasteiger partial charge in [-0.05, 0) is 24.3 Å². The standard InChI is InChI=1S/C12H13BrN2O3/c1-7(2)10(12(17)18)14-15-11(16)8-3-5-9(13)6-4-8/h3-7H,1-2H3,(H,15,16)(H,17,18)/b14-10-. The zero-order valence-corrected chi connectivity index (χ0v) is 11.6. The highest BCUT2D eigenvalue weighted by atomic mass is 79.9. The Morgan fingerprint density at radius 2 is 1.83 bits per heavy atom. The van der Waals surface area contributed by atoms with Gasteiger partial charge in [0.1, 0.15) is 5.71 Å². The molecule has 0 saturated carbocycles. The summed E-state index contributed by atoms with van der Waals surface area (Å²) in [5.74, 6) is -1.85. The van der Waals surface area contributed by atoms with Crippen LogP contribution in [0, 0.1) is 5.92 Å². The van der Waals surface area contributed by atoms with Crippen LogP contribution in [0.25, 0.3) is 0 Å². The molecule has 0 heterocycles. The minimum absolute atomic E-state index is 0.0829. The highest BCUT2D eigenvalue weighted by Crippen LogP contribution is 2.10. The Bertz CT molecular complexity index is 481. The molecule has 1 aromatic rings. The van der Waals surface area contributed by atoms with Crippen molar-refractivity contribution in [2.45, 2.75) is 13.8 Å². The second-order valence-electron chi connectivity index (χ2n) is 3.90. The van der Waals surface area contributed by atoms with E-state index in [0.717, 1.165) is 4.47 Å². The van der Waals surface area contributed by atoms with E-state index in [9.17, 15) is 9.59 Å². The monoisotopic (exact) mass is 312 g/mol. The van der Waals surface area contributed by atoms with Crippen molar-refractivity contribution in [1.29, 1.82) is 0 Å². The smallest absolute Gasteiger partial charge is 0.352 e. The molecule has 1 amide bonds. The third-order valence-electron chi connectivity index (χ3n) is 2.15. The van der Waals surface area contributed by atoms with Crippen LogP contribution >= 0.6 is 15.9 Å². The Kier molecular flexibility index (Phi) is 5.03. The van der Waals surface area contributed by atoms with Crippen molar-refractivity contribution in [3.63, 3.8) is 0 Å². The number of halogens is 1. The topological polar surface area (TPSA) is 78.8 Å².